The molecule has 2 nitrogen and oxygen atoms in total. The number of rotatable bonds is 4. The van der Waals surface area contributed by atoms with E-state index in [4.69, 9.17) is 17.0 Å². The van der Waals surface area contributed by atoms with Gasteiger partial charge in [-0.2, -0.15) is 0 Å². The smallest absolute Gasteiger partial charge is 0.345 e. The van der Waals surface area contributed by atoms with Crippen LogP contribution in [0, 0.1) is 0 Å². The van der Waals surface area contributed by atoms with Crippen LogP contribution in [0.4, 0.5) is 0 Å². The highest BCUT2D eigenvalue weighted by molar-refractivity contribution is 8.32. The Morgan fingerprint density at radius 1 is 1.00 bits per heavy atom. The summed E-state index contributed by atoms with van der Waals surface area (Å²) < 4.78 is 5.91. The highest BCUT2D eigenvalue weighted by atomic mass is 32.2. The van der Waals surface area contributed by atoms with Crippen LogP contribution in [0.3, 0.4) is 0 Å². The van der Waals surface area contributed by atoms with Gasteiger partial charge in [0.25, 0.3) is 0 Å². The summed E-state index contributed by atoms with van der Waals surface area (Å²) in [5.74, 6) is -0.319. The third-order valence-corrected chi connectivity index (χ3v) is 6.17. The van der Waals surface area contributed by atoms with Crippen LogP contribution < -0.4 is 0 Å². The summed E-state index contributed by atoms with van der Waals surface area (Å²) in [7, 11) is 1.40. The van der Waals surface area contributed by atoms with Crippen LogP contribution in [0.15, 0.2) is 75.9 Å². The molecule has 3 rings (SSSR count). The molecule has 0 amide bonds. The Balaban J connectivity index is 1.90. The van der Waals surface area contributed by atoms with Crippen LogP contribution in [0.5, 0.6) is 0 Å². The molecule has 1 aliphatic rings. The molecule has 24 heavy (non-hydrogen) atoms. The maximum Gasteiger partial charge on any atom is 0.345 e. The van der Waals surface area contributed by atoms with Crippen molar-refractivity contribution < 1.29 is 9.53 Å². The highest BCUT2D eigenvalue weighted by Crippen LogP contribution is 2.53. The maximum absolute atomic E-state index is 12.1. The van der Waals surface area contributed by atoms with Gasteiger partial charge in [0.15, 0.2) is 0 Å². The van der Waals surface area contributed by atoms with Crippen LogP contribution in [0.25, 0.3) is 4.91 Å². The molecular formula is C19H14O2S3. The summed E-state index contributed by atoms with van der Waals surface area (Å²) in [6, 6.07) is 19.7. The molecule has 0 saturated carbocycles. The predicted octanol–water partition coefficient (Wildman–Crippen LogP) is 5.27. The van der Waals surface area contributed by atoms with E-state index in [1.54, 1.807) is 11.8 Å². The topological polar surface area (TPSA) is 26.3 Å². The molecule has 0 bridgehead atoms. The van der Waals surface area contributed by atoms with Crippen molar-refractivity contribution >= 4 is 51.5 Å². The minimum absolute atomic E-state index is 0.319. The SMILES string of the molecule is COC(=O)C1=C(c2ccccc2)S/C(=C/C(=S)c2ccccc2)S1. The van der Waals surface area contributed by atoms with Crippen molar-refractivity contribution in [2.24, 2.45) is 0 Å². The lowest BCUT2D eigenvalue weighted by Gasteiger charge is -2.03. The van der Waals surface area contributed by atoms with Crippen molar-refractivity contribution in [3.63, 3.8) is 0 Å². The Morgan fingerprint density at radius 3 is 2.25 bits per heavy atom. The molecule has 5 heteroatoms. The van der Waals surface area contributed by atoms with Gasteiger partial charge < -0.3 is 4.74 Å². The van der Waals surface area contributed by atoms with E-state index >= 15 is 0 Å². The molecule has 120 valence electrons. The number of methoxy groups -OCH3 is 1. The Labute approximate surface area is 155 Å². The number of thioether (sulfide) groups is 2. The lowest BCUT2D eigenvalue weighted by molar-refractivity contribution is -0.135. The van der Waals surface area contributed by atoms with Crippen molar-refractivity contribution in [1.82, 2.24) is 0 Å². The fourth-order valence-electron chi connectivity index (χ4n) is 2.17. The van der Waals surface area contributed by atoms with Gasteiger partial charge in [-0.3, -0.25) is 0 Å². The zero-order valence-corrected chi connectivity index (χ0v) is 15.3. The lowest BCUT2D eigenvalue weighted by atomic mass is 10.1. The van der Waals surface area contributed by atoms with Gasteiger partial charge in [0.2, 0.25) is 0 Å². The Hall–Kier alpha value is -1.82. The Bertz CT molecular complexity index is 824. The molecule has 0 N–H and O–H groups in total. The van der Waals surface area contributed by atoms with Gasteiger partial charge in [0.1, 0.15) is 4.91 Å². The number of thiocarbonyl (C=S) groups is 1. The second kappa shape index (κ2) is 7.83. The zero-order valence-electron chi connectivity index (χ0n) is 12.9. The number of carbonyl (C=O) groups excluding carboxylic acids is 1. The van der Waals surface area contributed by atoms with Crippen LogP contribution >= 0.6 is 35.7 Å². The standard InChI is InChI=1S/C19H14O2S3/c1-21-19(20)18-17(14-10-6-3-7-11-14)23-16(24-18)12-15(22)13-8-4-2-5-9-13/h2-12H,1H3/b16-12-. The van der Waals surface area contributed by atoms with Crippen molar-refractivity contribution in [3.8, 4) is 0 Å². The van der Waals surface area contributed by atoms with Crippen LogP contribution in [-0.2, 0) is 9.53 Å². The number of benzene rings is 2. The van der Waals surface area contributed by atoms with E-state index in [9.17, 15) is 4.79 Å². The zero-order chi connectivity index (χ0) is 16.9. The normalized spacial score (nSPS) is 15.6. The van der Waals surface area contributed by atoms with Gasteiger partial charge in [-0.15, -0.1) is 0 Å². The molecule has 0 spiro atoms. The van der Waals surface area contributed by atoms with Gasteiger partial charge >= 0.3 is 5.97 Å². The third-order valence-electron chi connectivity index (χ3n) is 3.33. The molecule has 0 radical (unpaired) electrons. The number of carbonyl (C=O) groups is 1. The fourth-order valence-corrected chi connectivity index (χ4v) is 5.06. The molecule has 0 unspecified atom stereocenters. The molecule has 2 aromatic carbocycles. The minimum atomic E-state index is -0.319. The van der Waals surface area contributed by atoms with E-state index in [1.807, 2.05) is 66.7 Å². The Morgan fingerprint density at radius 2 is 1.62 bits per heavy atom. The van der Waals surface area contributed by atoms with Gasteiger partial charge in [-0.25, -0.2) is 4.79 Å². The quantitative estimate of drug-likeness (QED) is 0.316. The monoisotopic (exact) mass is 370 g/mol. The molecule has 1 aliphatic heterocycles. The van der Waals surface area contributed by atoms with Crippen molar-refractivity contribution in [1.29, 1.82) is 0 Å². The van der Waals surface area contributed by atoms with E-state index in [2.05, 4.69) is 0 Å². The first kappa shape index (κ1) is 17.0. The summed E-state index contributed by atoms with van der Waals surface area (Å²) in [4.78, 5) is 14.4. The summed E-state index contributed by atoms with van der Waals surface area (Å²) in [6.45, 7) is 0. The second-order valence-corrected chi connectivity index (χ2v) is 7.72. The fraction of sp³-hybridized carbons (Fsp3) is 0.0526. The van der Waals surface area contributed by atoms with Gasteiger partial charge in [0.05, 0.1) is 11.3 Å². The number of esters is 1. The van der Waals surface area contributed by atoms with Crippen molar-refractivity contribution in [2.45, 2.75) is 0 Å². The first-order chi connectivity index (χ1) is 11.7. The van der Waals surface area contributed by atoms with Gasteiger partial charge in [0, 0.05) is 9.77 Å². The second-order valence-electron chi connectivity index (χ2n) is 4.91. The van der Waals surface area contributed by atoms with Gasteiger partial charge in [-0.1, -0.05) is 96.4 Å². The number of allylic oxidation sites excluding steroid dienone is 1. The molecule has 0 aliphatic carbocycles. The van der Waals surface area contributed by atoms with Crippen molar-refractivity contribution in [2.75, 3.05) is 7.11 Å². The molecule has 0 aromatic heterocycles. The van der Waals surface area contributed by atoms with Crippen LogP contribution in [0.2, 0.25) is 0 Å². The number of hydrogen-bond donors (Lipinski definition) is 0. The first-order valence-corrected chi connectivity index (χ1v) is 9.28. The van der Waals surface area contributed by atoms with Crippen LogP contribution in [-0.4, -0.2) is 17.9 Å². The lowest BCUT2D eigenvalue weighted by Crippen LogP contribution is -2.01. The Kier molecular flexibility index (Phi) is 5.56. The molecule has 0 atom stereocenters. The maximum atomic E-state index is 12.1. The van der Waals surface area contributed by atoms with Gasteiger partial charge in [-0.05, 0) is 17.2 Å². The van der Waals surface area contributed by atoms with E-state index in [-0.39, 0.29) is 5.97 Å². The summed E-state index contributed by atoms with van der Waals surface area (Å²) >= 11 is 8.47. The van der Waals surface area contributed by atoms with E-state index in [1.165, 1.54) is 18.9 Å². The third kappa shape index (κ3) is 3.80. The summed E-state index contributed by atoms with van der Waals surface area (Å²) in [5, 5.41) is 0. The van der Waals surface area contributed by atoms with Crippen LogP contribution in [0.1, 0.15) is 11.1 Å². The molecular weight excluding hydrogens is 356 g/mol. The highest BCUT2D eigenvalue weighted by Gasteiger charge is 2.28. The predicted molar refractivity (Wildman–Crippen MR) is 107 cm³/mol. The molecule has 0 fully saturated rings. The molecule has 2 aromatic rings. The van der Waals surface area contributed by atoms with E-state index in [0.717, 1.165) is 25.1 Å². The summed E-state index contributed by atoms with van der Waals surface area (Å²) in [6.07, 6.45) is 1.94. The summed E-state index contributed by atoms with van der Waals surface area (Å²) in [5.41, 5.74) is 2.00. The molecule has 0 saturated heterocycles. The molecule has 1 heterocycles. The minimum Gasteiger partial charge on any atom is -0.465 e. The average molecular weight is 371 g/mol. The largest absolute Gasteiger partial charge is 0.465 e. The van der Waals surface area contributed by atoms with E-state index in [0.29, 0.717) is 4.91 Å². The number of hydrogen-bond acceptors (Lipinski definition) is 5. The van der Waals surface area contributed by atoms with E-state index < -0.39 is 0 Å². The average Bonchev–Trinajstić information content (AvgIpc) is 3.06. The van der Waals surface area contributed by atoms with Crippen molar-refractivity contribution in [3.05, 3.63) is 87.0 Å². The first-order valence-electron chi connectivity index (χ1n) is 7.24. The number of ether oxygens (including phenoxy) is 1.